The molecule has 2 aromatic carbocycles. The van der Waals surface area contributed by atoms with Crippen molar-refractivity contribution in [3.05, 3.63) is 72.5 Å². The Labute approximate surface area is 139 Å². The SMILES string of the molecule is O=C(/C=C/c1cc2ccccc2o1)NCCSc1ccccc1. The molecule has 3 nitrogen and oxygen atoms in total. The normalized spacial score (nSPS) is 11.1. The number of hydrogen-bond acceptors (Lipinski definition) is 3. The van der Waals surface area contributed by atoms with Gasteiger partial charge in [0, 0.05) is 28.7 Å². The van der Waals surface area contributed by atoms with Crippen molar-refractivity contribution in [1.29, 1.82) is 0 Å². The summed E-state index contributed by atoms with van der Waals surface area (Å²) in [5.74, 6) is 1.41. The second kappa shape index (κ2) is 7.70. The van der Waals surface area contributed by atoms with Gasteiger partial charge in [-0.2, -0.15) is 0 Å². The highest BCUT2D eigenvalue weighted by Gasteiger charge is 2.01. The van der Waals surface area contributed by atoms with Crippen LogP contribution in [-0.2, 0) is 4.79 Å². The fourth-order valence-corrected chi connectivity index (χ4v) is 2.95. The Morgan fingerprint density at radius 1 is 1.09 bits per heavy atom. The third-order valence-corrected chi connectivity index (χ3v) is 4.27. The second-order valence-electron chi connectivity index (χ2n) is 4.97. The highest BCUT2D eigenvalue weighted by molar-refractivity contribution is 7.99. The Bertz CT molecular complexity index is 775. The summed E-state index contributed by atoms with van der Waals surface area (Å²) < 4.78 is 5.63. The van der Waals surface area contributed by atoms with Gasteiger partial charge in [0.25, 0.3) is 0 Å². The van der Waals surface area contributed by atoms with E-state index < -0.39 is 0 Å². The number of amides is 1. The van der Waals surface area contributed by atoms with Gasteiger partial charge in [0.2, 0.25) is 5.91 Å². The van der Waals surface area contributed by atoms with E-state index in [4.69, 9.17) is 4.42 Å². The van der Waals surface area contributed by atoms with Gasteiger partial charge in [0.05, 0.1) is 0 Å². The molecule has 0 aliphatic carbocycles. The van der Waals surface area contributed by atoms with Crippen molar-refractivity contribution in [2.24, 2.45) is 0 Å². The van der Waals surface area contributed by atoms with E-state index in [1.54, 1.807) is 17.8 Å². The fourth-order valence-electron chi connectivity index (χ4n) is 2.16. The third-order valence-electron chi connectivity index (χ3n) is 3.26. The van der Waals surface area contributed by atoms with E-state index in [9.17, 15) is 4.79 Å². The van der Waals surface area contributed by atoms with Crippen LogP contribution in [0.5, 0.6) is 0 Å². The molecule has 0 saturated carbocycles. The standard InChI is InChI=1S/C19H17NO2S/c21-19(20-12-13-23-17-7-2-1-3-8-17)11-10-16-14-15-6-4-5-9-18(15)22-16/h1-11,14H,12-13H2,(H,20,21)/b11-10+. The molecule has 0 aliphatic rings. The average molecular weight is 323 g/mol. The summed E-state index contributed by atoms with van der Waals surface area (Å²) in [6, 6.07) is 19.8. The first kappa shape index (κ1) is 15.4. The Hall–Kier alpha value is -2.46. The summed E-state index contributed by atoms with van der Waals surface area (Å²) in [4.78, 5) is 13.0. The molecule has 1 amide bonds. The monoisotopic (exact) mass is 323 g/mol. The highest BCUT2D eigenvalue weighted by atomic mass is 32.2. The molecule has 0 saturated heterocycles. The molecule has 4 heteroatoms. The Kier molecular flexibility index (Phi) is 5.17. The number of rotatable bonds is 6. The van der Waals surface area contributed by atoms with Crippen LogP contribution in [-0.4, -0.2) is 18.2 Å². The van der Waals surface area contributed by atoms with Gasteiger partial charge in [-0.1, -0.05) is 36.4 Å². The topological polar surface area (TPSA) is 42.2 Å². The summed E-state index contributed by atoms with van der Waals surface area (Å²) in [5, 5.41) is 3.90. The number of nitrogens with one attached hydrogen (secondary N) is 1. The van der Waals surface area contributed by atoms with Crippen LogP contribution in [0.25, 0.3) is 17.0 Å². The van der Waals surface area contributed by atoms with Crippen LogP contribution in [0.2, 0.25) is 0 Å². The Morgan fingerprint density at radius 3 is 2.70 bits per heavy atom. The minimum atomic E-state index is -0.112. The van der Waals surface area contributed by atoms with Crippen molar-refractivity contribution in [3.63, 3.8) is 0 Å². The lowest BCUT2D eigenvalue weighted by molar-refractivity contribution is -0.116. The van der Waals surface area contributed by atoms with Gasteiger partial charge in [-0.05, 0) is 30.3 Å². The zero-order valence-electron chi connectivity index (χ0n) is 12.6. The van der Waals surface area contributed by atoms with E-state index in [1.807, 2.05) is 48.5 Å². The summed E-state index contributed by atoms with van der Waals surface area (Å²) in [6.45, 7) is 0.628. The van der Waals surface area contributed by atoms with E-state index in [1.165, 1.54) is 11.0 Å². The van der Waals surface area contributed by atoms with Crippen molar-refractivity contribution in [2.45, 2.75) is 4.90 Å². The molecule has 23 heavy (non-hydrogen) atoms. The molecule has 3 aromatic rings. The molecule has 3 rings (SSSR count). The molecule has 0 radical (unpaired) electrons. The smallest absolute Gasteiger partial charge is 0.244 e. The zero-order valence-corrected chi connectivity index (χ0v) is 13.4. The Morgan fingerprint density at radius 2 is 1.87 bits per heavy atom. The van der Waals surface area contributed by atoms with Crippen molar-refractivity contribution >= 4 is 34.7 Å². The fraction of sp³-hybridized carbons (Fsp3) is 0.105. The minimum Gasteiger partial charge on any atom is -0.457 e. The predicted octanol–water partition coefficient (Wildman–Crippen LogP) is 4.35. The first-order valence-electron chi connectivity index (χ1n) is 7.43. The summed E-state index contributed by atoms with van der Waals surface area (Å²) in [7, 11) is 0. The van der Waals surface area contributed by atoms with Gasteiger partial charge in [0.1, 0.15) is 11.3 Å². The summed E-state index contributed by atoms with van der Waals surface area (Å²) >= 11 is 1.72. The maximum Gasteiger partial charge on any atom is 0.244 e. The maximum absolute atomic E-state index is 11.8. The third kappa shape index (κ3) is 4.50. The van der Waals surface area contributed by atoms with Crippen molar-refractivity contribution in [2.75, 3.05) is 12.3 Å². The van der Waals surface area contributed by atoms with E-state index in [0.29, 0.717) is 12.3 Å². The van der Waals surface area contributed by atoms with Crippen LogP contribution in [0.1, 0.15) is 5.76 Å². The first-order chi connectivity index (χ1) is 11.3. The van der Waals surface area contributed by atoms with Gasteiger partial charge in [-0.25, -0.2) is 0 Å². The van der Waals surface area contributed by atoms with Crippen molar-refractivity contribution < 1.29 is 9.21 Å². The molecule has 1 N–H and O–H groups in total. The highest BCUT2D eigenvalue weighted by Crippen LogP contribution is 2.19. The number of carbonyl (C=O) groups excluding carboxylic acids is 1. The second-order valence-corrected chi connectivity index (χ2v) is 6.14. The van der Waals surface area contributed by atoms with Crippen LogP contribution in [0, 0.1) is 0 Å². The molecule has 0 atom stereocenters. The van der Waals surface area contributed by atoms with Crippen LogP contribution >= 0.6 is 11.8 Å². The Balaban J connectivity index is 1.45. The number of fused-ring (bicyclic) bond motifs is 1. The van der Waals surface area contributed by atoms with Crippen LogP contribution in [0.4, 0.5) is 0 Å². The number of benzene rings is 2. The maximum atomic E-state index is 11.8. The van der Waals surface area contributed by atoms with E-state index in [-0.39, 0.29) is 5.91 Å². The number of carbonyl (C=O) groups is 1. The van der Waals surface area contributed by atoms with Gasteiger partial charge in [0.15, 0.2) is 0 Å². The number of thioether (sulfide) groups is 1. The van der Waals surface area contributed by atoms with Gasteiger partial charge < -0.3 is 9.73 Å². The molecular formula is C19H17NO2S. The van der Waals surface area contributed by atoms with Gasteiger partial charge in [-0.15, -0.1) is 11.8 Å². The predicted molar refractivity (Wildman–Crippen MR) is 95.4 cm³/mol. The summed E-state index contributed by atoms with van der Waals surface area (Å²) in [6.07, 6.45) is 3.20. The van der Waals surface area contributed by atoms with E-state index in [0.717, 1.165) is 16.7 Å². The van der Waals surface area contributed by atoms with Gasteiger partial charge >= 0.3 is 0 Å². The lowest BCUT2D eigenvalue weighted by Gasteiger charge is -2.02. The molecule has 0 bridgehead atoms. The van der Waals surface area contributed by atoms with E-state index >= 15 is 0 Å². The minimum absolute atomic E-state index is 0.112. The molecule has 116 valence electrons. The molecule has 1 heterocycles. The molecule has 0 spiro atoms. The largest absolute Gasteiger partial charge is 0.457 e. The molecule has 0 fully saturated rings. The van der Waals surface area contributed by atoms with Crippen LogP contribution < -0.4 is 5.32 Å². The molecular weight excluding hydrogens is 306 g/mol. The van der Waals surface area contributed by atoms with Crippen LogP contribution in [0.3, 0.4) is 0 Å². The number of para-hydroxylation sites is 1. The van der Waals surface area contributed by atoms with E-state index in [2.05, 4.69) is 17.4 Å². The lowest BCUT2D eigenvalue weighted by Crippen LogP contribution is -2.23. The zero-order chi connectivity index (χ0) is 15.9. The number of furan rings is 1. The van der Waals surface area contributed by atoms with Crippen LogP contribution in [0.15, 0.2) is 76.1 Å². The lowest BCUT2D eigenvalue weighted by atomic mass is 10.2. The molecule has 0 aliphatic heterocycles. The summed E-state index contributed by atoms with van der Waals surface area (Å²) in [5.41, 5.74) is 0.826. The molecule has 1 aromatic heterocycles. The number of hydrogen-bond donors (Lipinski definition) is 1. The first-order valence-corrected chi connectivity index (χ1v) is 8.42. The van der Waals surface area contributed by atoms with Crippen molar-refractivity contribution in [1.82, 2.24) is 5.32 Å². The molecule has 0 unspecified atom stereocenters. The van der Waals surface area contributed by atoms with Crippen molar-refractivity contribution in [3.8, 4) is 0 Å². The average Bonchev–Trinajstić information content (AvgIpc) is 3.01. The van der Waals surface area contributed by atoms with Gasteiger partial charge in [-0.3, -0.25) is 4.79 Å². The quantitative estimate of drug-likeness (QED) is 0.416.